The number of rotatable bonds is 2. The Morgan fingerprint density at radius 3 is 2.25 bits per heavy atom. The van der Waals surface area contributed by atoms with Gasteiger partial charge in [0.1, 0.15) is 0 Å². The molecule has 0 atom stereocenters. The Bertz CT molecular complexity index is 180. The average molecular weight is 169 g/mol. The lowest BCUT2D eigenvalue weighted by molar-refractivity contribution is 0.431. The van der Waals surface area contributed by atoms with Crippen molar-refractivity contribution in [3.63, 3.8) is 0 Å². The zero-order valence-electron chi connectivity index (χ0n) is 8.44. The molecule has 0 aromatic carbocycles. The van der Waals surface area contributed by atoms with E-state index in [2.05, 4.69) is 29.5 Å². The molecule has 1 fully saturated rings. The molecule has 1 aliphatic carbocycles. The van der Waals surface area contributed by atoms with Gasteiger partial charge < -0.3 is 10.6 Å². The molecule has 3 nitrogen and oxygen atoms in total. The maximum atomic E-state index is 4.11. The van der Waals surface area contributed by atoms with Gasteiger partial charge in [-0.2, -0.15) is 0 Å². The number of nitrogens with zero attached hydrogens (tertiary/aromatic N) is 1. The molecule has 0 aliphatic heterocycles. The third-order valence-corrected chi connectivity index (χ3v) is 2.72. The summed E-state index contributed by atoms with van der Waals surface area (Å²) in [5, 5.41) is 6.48. The molecule has 1 rings (SSSR count). The van der Waals surface area contributed by atoms with Crippen molar-refractivity contribution in [2.24, 2.45) is 10.9 Å². The predicted octanol–water partition coefficient (Wildman–Crippen LogP) is 0.970. The van der Waals surface area contributed by atoms with Crippen LogP contribution >= 0.6 is 0 Å². The van der Waals surface area contributed by atoms with E-state index in [1.807, 2.05) is 7.05 Å². The first-order valence-electron chi connectivity index (χ1n) is 4.57. The minimum absolute atomic E-state index is 0.331. The molecular formula is C9H19N3. The first kappa shape index (κ1) is 9.36. The maximum Gasteiger partial charge on any atom is 0.191 e. The van der Waals surface area contributed by atoms with Crippen LogP contribution in [0.25, 0.3) is 0 Å². The van der Waals surface area contributed by atoms with Gasteiger partial charge in [0, 0.05) is 19.6 Å². The van der Waals surface area contributed by atoms with Crippen molar-refractivity contribution >= 4 is 5.96 Å². The monoisotopic (exact) mass is 169 g/mol. The van der Waals surface area contributed by atoms with Crippen molar-refractivity contribution in [3.8, 4) is 0 Å². The third-order valence-electron chi connectivity index (χ3n) is 2.72. The van der Waals surface area contributed by atoms with Crippen molar-refractivity contribution in [2.45, 2.75) is 32.2 Å². The first-order valence-corrected chi connectivity index (χ1v) is 4.57. The van der Waals surface area contributed by atoms with E-state index in [-0.39, 0.29) is 0 Å². The van der Waals surface area contributed by atoms with Crippen LogP contribution < -0.4 is 10.6 Å². The Kier molecular flexibility index (Phi) is 2.60. The van der Waals surface area contributed by atoms with Gasteiger partial charge in [-0.05, 0) is 18.8 Å². The Morgan fingerprint density at radius 2 is 2.00 bits per heavy atom. The minimum atomic E-state index is 0.331. The summed E-state index contributed by atoms with van der Waals surface area (Å²) < 4.78 is 0. The standard InChI is InChI=1S/C9H19N3/c1-7(2)9(5-6-9)12-8(10-3)11-4/h7H,5-6H2,1-4H3,(H2,10,11,12). The van der Waals surface area contributed by atoms with Crippen LogP contribution in [-0.2, 0) is 0 Å². The Balaban J connectivity index is 2.50. The van der Waals surface area contributed by atoms with E-state index in [1.165, 1.54) is 12.8 Å². The fraction of sp³-hybridized carbons (Fsp3) is 0.889. The van der Waals surface area contributed by atoms with Crippen molar-refractivity contribution < 1.29 is 0 Å². The summed E-state index contributed by atoms with van der Waals surface area (Å²) in [7, 11) is 3.70. The van der Waals surface area contributed by atoms with Gasteiger partial charge in [-0.1, -0.05) is 13.8 Å². The van der Waals surface area contributed by atoms with Crippen molar-refractivity contribution in [1.29, 1.82) is 0 Å². The van der Waals surface area contributed by atoms with Gasteiger partial charge in [-0.25, -0.2) is 0 Å². The van der Waals surface area contributed by atoms with Crippen LogP contribution in [0, 0.1) is 5.92 Å². The summed E-state index contributed by atoms with van der Waals surface area (Å²) in [5.41, 5.74) is 0.331. The second-order valence-electron chi connectivity index (χ2n) is 3.76. The molecule has 1 saturated carbocycles. The Morgan fingerprint density at radius 1 is 1.42 bits per heavy atom. The lowest BCUT2D eigenvalue weighted by Gasteiger charge is -2.23. The first-order chi connectivity index (χ1) is 5.64. The highest BCUT2D eigenvalue weighted by Crippen LogP contribution is 2.41. The van der Waals surface area contributed by atoms with Gasteiger partial charge in [0.15, 0.2) is 5.96 Å². The van der Waals surface area contributed by atoms with Crippen LogP contribution in [0.4, 0.5) is 0 Å². The van der Waals surface area contributed by atoms with E-state index in [0.717, 1.165) is 5.96 Å². The second-order valence-corrected chi connectivity index (χ2v) is 3.76. The number of aliphatic imine (C=N–C) groups is 1. The maximum absolute atomic E-state index is 4.11. The van der Waals surface area contributed by atoms with E-state index in [9.17, 15) is 0 Å². The van der Waals surface area contributed by atoms with E-state index in [0.29, 0.717) is 11.5 Å². The fourth-order valence-electron chi connectivity index (χ4n) is 1.45. The summed E-state index contributed by atoms with van der Waals surface area (Å²) in [5.74, 6) is 1.59. The molecule has 0 heterocycles. The largest absolute Gasteiger partial charge is 0.359 e. The van der Waals surface area contributed by atoms with E-state index in [4.69, 9.17) is 0 Å². The lowest BCUT2D eigenvalue weighted by atomic mass is 10.0. The summed E-state index contributed by atoms with van der Waals surface area (Å²) in [6.07, 6.45) is 2.54. The molecule has 12 heavy (non-hydrogen) atoms. The molecule has 0 aromatic rings. The molecule has 3 heteroatoms. The lowest BCUT2D eigenvalue weighted by Crippen LogP contribution is -2.46. The quantitative estimate of drug-likeness (QED) is 0.477. The smallest absolute Gasteiger partial charge is 0.191 e. The normalized spacial score (nSPS) is 20.9. The van der Waals surface area contributed by atoms with Gasteiger partial charge in [-0.3, -0.25) is 4.99 Å². The molecule has 0 bridgehead atoms. The van der Waals surface area contributed by atoms with E-state index in [1.54, 1.807) is 7.05 Å². The highest BCUT2D eigenvalue weighted by Gasteiger charge is 2.45. The Hall–Kier alpha value is -0.730. The van der Waals surface area contributed by atoms with Crippen LogP contribution in [0.2, 0.25) is 0 Å². The number of hydrogen-bond acceptors (Lipinski definition) is 1. The second kappa shape index (κ2) is 3.33. The molecule has 0 aromatic heterocycles. The van der Waals surface area contributed by atoms with Crippen LogP contribution in [0.15, 0.2) is 4.99 Å². The van der Waals surface area contributed by atoms with Crippen molar-refractivity contribution in [2.75, 3.05) is 14.1 Å². The SMILES string of the molecule is CN=C(NC)NC1(C(C)C)CC1. The van der Waals surface area contributed by atoms with Gasteiger partial charge in [0.05, 0.1) is 0 Å². The van der Waals surface area contributed by atoms with Crippen LogP contribution in [0.3, 0.4) is 0 Å². The third kappa shape index (κ3) is 1.71. The van der Waals surface area contributed by atoms with E-state index < -0.39 is 0 Å². The molecule has 70 valence electrons. The fourth-order valence-corrected chi connectivity index (χ4v) is 1.45. The molecule has 0 amide bonds. The van der Waals surface area contributed by atoms with Gasteiger partial charge in [0.25, 0.3) is 0 Å². The van der Waals surface area contributed by atoms with E-state index >= 15 is 0 Å². The summed E-state index contributed by atoms with van der Waals surface area (Å²) >= 11 is 0. The minimum Gasteiger partial charge on any atom is -0.359 e. The molecular weight excluding hydrogens is 150 g/mol. The van der Waals surface area contributed by atoms with Crippen molar-refractivity contribution in [3.05, 3.63) is 0 Å². The van der Waals surface area contributed by atoms with Crippen LogP contribution in [0.1, 0.15) is 26.7 Å². The highest BCUT2D eigenvalue weighted by molar-refractivity contribution is 5.80. The average Bonchev–Trinajstić information content (AvgIpc) is 2.81. The molecule has 1 aliphatic rings. The number of hydrogen-bond donors (Lipinski definition) is 2. The van der Waals surface area contributed by atoms with Gasteiger partial charge in [-0.15, -0.1) is 0 Å². The number of guanidine groups is 1. The molecule has 0 unspecified atom stereocenters. The summed E-state index contributed by atoms with van der Waals surface area (Å²) in [6.45, 7) is 4.51. The summed E-state index contributed by atoms with van der Waals surface area (Å²) in [4.78, 5) is 4.11. The van der Waals surface area contributed by atoms with Gasteiger partial charge in [0.2, 0.25) is 0 Å². The molecule has 2 N–H and O–H groups in total. The number of nitrogens with one attached hydrogen (secondary N) is 2. The van der Waals surface area contributed by atoms with Crippen LogP contribution in [0.5, 0.6) is 0 Å². The Labute approximate surface area is 74.6 Å². The topological polar surface area (TPSA) is 36.4 Å². The van der Waals surface area contributed by atoms with Crippen molar-refractivity contribution in [1.82, 2.24) is 10.6 Å². The molecule has 0 radical (unpaired) electrons. The van der Waals surface area contributed by atoms with Gasteiger partial charge >= 0.3 is 0 Å². The predicted molar refractivity (Wildman–Crippen MR) is 52.4 cm³/mol. The highest BCUT2D eigenvalue weighted by atomic mass is 15.2. The zero-order chi connectivity index (χ0) is 9.19. The molecule has 0 spiro atoms. The summed E-state index contributed by atoms with van der Waals surface area (Å²) in [6, 6.07) is 0. The van der Waals surface area contributed by atoms with Crippen LogP contribution in [-0.4, -0.2) is 25.6 Å². The molecule has 0 saturated heterocycles. The zero-order valence-corrected chi connectivity index (χ0v) is 8.44.